The number of thioether (sulfide) groups is 1. The predicted octanol–water partition coefficient (Wildman–Crippen LogP) is 4.46. The van der Waals surface area contributed by atoms with Gasteiger partial charge in [-0.15, -0.1) is 10.2 Å². The van der Waals surface area contributed by atoms with Gasteiger partial charge < -0.3 is 0 Å². The van der Waals surface area contributed by atoms with E-state index in [1.807, 2.05) is 6.07 Å². The Labute approximate surface area is 197 Å². The highest BCUT2D eigenvalue weighted by molar-refractivity contribution is 7.98. The number of rotatable bonds is 8. The van der Waals surface area contributed by atoms with E-state index in [0.717, 1.165) is 5.56 Å². The topological polar surface area (TPSA) is 134 Å². The Balaban J connectivity index is 1.67. The molecule has 0 amide bonds. The number of non-ortho nitro benzene ring substituents is 2. The largest absolute Gasteiger partial charge is 0.281 e. The molecule has 4 aromatic rings. The van der Waals surface area contributed by atoms with Crippen LogP contribution in [-0.2, 0) is 12.3 Å². The van der Waals surface area contributed by atoms with Gasteiger partial charge in [-0.25, -0.2) is 0 Å². The van der Waals surface area contributed by atoms with Gasteiger partial charge in [-0.1, -0.05) is 66.4 Å². The van der Waals surface area contributed by atoms with Crippen LogP contribution in [0, 0.1) is 20.2 Å². The monoisotopic (exact) mass is 475 g/mol. The summed E-state index contributed by atoms with van der Waals surface area (Å²) in [7, 11) is 0. The van der Waals surface area contributed by atoms with Gasteiger partial charge in [0.1, 0.15) is 0 Å². The molecule has 1 aromatic heterocycles. The van der Waals surface area contributed by atoms with Crippen LogP contribution in [0.4, 0.5) is 11.4 Å². The van der Waals surface area contributed by atoms with Crippen LogP contribution in [0.15, 0.2) is 88.8 Å². The molecule has 0 saturated heterocycles. The minimum Gasteiger partial charge on any atom is -0.280 e. The zero-order valence-corrected chi connectivity index (χ0v) is 18.4. The summed E-state index contributed by atoms with van der Waals surface area (Å²) < 4.78 is 1.48. The first-order valence-electron chi connectivity index (χ1n) is 10.0. The predicted molar refractivity (Wildman–Crippen MR) is 127 cm³/mol. The van der Waals surface area contributed by atoms with Crippen LogP contribution >= 0.6 is 11.8 Å². The highest BCUT2D eigenvalue weighted by Crippen LogP contribution is 2.23. The molecular weight excluding hydrogens is 458 g/mol. The van der Waals surface area contributed by atoms with Crippen molar-refractivity contribution in [3.8, 4) is 11.3 Å². The molecule has 3 aromatic carbocycles. The fourth-order valence-electron chi connectivity index (χ4n) is 3.20. The molecule has 0 bridgehead atoms. The lowest BCUT2D eigenvalue weighted by Gasteiger charge is -2.13. The fourth-order valence-corrected chi connectivity index (χ4v) is 4.09. The second kappa shape index (κ2) is 10.0. The zero-order chi connectivity index (χ0) is 24.1. The van der Waals surface area contributed by atoms with Gasteiger partial charge in [-0.3, -0.25) is 29.6 Å². The molecule has 1 heterocycles. The Bertz CT molecular complexity index is 1390. The van der Waals surface area contributed by atoms with Crippen molar-refractivity contribution in [1.29, 1.82) is 0 Å². The summed E-state index contributed by atoms with van der Waals surface area (Å²) in [4.78, 5) is 34.2. The van der Waals surface area contributed by atoms with Crippen molar-refractivity contribution in [2.75, 3.05) is 0 Å². The lowest BCUT2D eigenvalue weighted by atomic mass is 10.1. The van der Waals surface area contributed by atoms with E-state index in [0.29, 0.717) is 22.0 Å². The molecule has 4 rings (SSSR count). The van der Waals surface area contributed by atoms with Crippen molar-refractivity contribution in [3.05, 3.63) is 121 Å². The van der Waals surface area contributed by atoms with Gasteiger partial charge in [-0.05, 0) is 11.1 Å². The maximum atomic E-state index is 13.4. The van der Waals surface area contributed by atoms with Crippen molar-refractivity contribution >= 4 is 23.1 Å². The van der Waals surface area contributed by atoms with E-state index in [1.54, 1.807) is 48.5 Å². The van der Waals surface area contributed by atoms with E-state index in [-0.39, 0.29) is 29.2 Å². The number of hydrogen-bond donors (Lipinski definition) is 0. The minimum atomic E-state index is -0.483. The lowest BCUT2D eigenvalue weighted by molar-refractivity contribution is -0.385. The molecule has 0 aliphatic heterocycles. The van der Waals surface area contributed by atoms with Crippen LogP contribution in [0.2, 0.25) is 0 Å². The third kappa shape index (κ3) is 5.15. The minimum absolute atomic E-state index is 0.00386. The summed E-state index contributed by atoms with van der Waals surface area (Å²) in [6, 6.07) is 21.1. The zero-order valence-electron chi connectivity index (χ0n) is 17.6. The number of nitro benzene ring substituents is 2. The fraction of sp³-hybridized carbons (Fsp3) is 0.0870. The van der Waals surface area contributed by atoms with Gasteiger partial charge >= 0.3 is 0 Å². The molecule has 0 aliphatic rings. The van der Waals surface area contributed by atoms with Crippen molar-refractivity contribution in [2.24, 2.45) is 0 Å². The average molecular weight is 475 g/mol. The Morgan fingerprint density at radius 3 is 1.88 bits per heavy atom. The van der Waals surface area contributed by atoms with Crippen LogP contribution in [0.3, 0.4) is 0 Å². The third-order valence-electron chi connectivity index (χ3n) is 4.96. The summed E-state index contributed by atoms with van der Waals surface area (Å²) in [5.41, 5.74) is 1.95. The SMILES string of the molecule is O=c1c(-c2ccccc2)nnc(SCc2ccc([N+](=O)[O-])cc2)n1Cc1ccc([N+](=O)[O-])cc1. The number of benzene rings is 3. The first-order valence-corrected chi connectivity index (χ1v) is 11.0. The van der Waals surface area contributed by atoms with Crippen LogP contribution < -0.4 is 5.56 Å². The second-order valence-electron chi connectivity index (χ2n) is 7.22. The normalized spacial score (nSPS) is 10.7. The van der Waals surface area contributed by atoms with Gasteiger partial charge in [0, 0.05) is 35.6 Å². The van der Waals surface area contributed by atoms with Gasteiger partial charge in [0.05, 0.1) is 16.4 Å². The first kappa shape index (κ1) is 22.8. The van der Waals surface area contributed by atoms with E-state index in [2.05, 4.69) is 10.2 Å². The average Bonchev–Trinajstić information content (AvgIpc) is 2.85. The molecule has 11 heteroatoms. The summed E-state index contributed by atoms with van der Waals surface area (Å²) in [6.45, 7) is 0.148. The molecule has 10 nitrogen and oxygen atoms in total. The number of hydrogen-bond acceptors (Lipinski definition) is 8. The summed E-state index contributed by atoms with van der Waals surface area (Å²) in [6.07, 6.45) is 0. The Morgan fingerprint density at radius 1 is 0.765 bits per heavy atom. The molecule has 0 unspecified atom stereocenters. The maximum Gasteiger partial charge on any atom is 0.281 e. The number of nitro groups is 2. The second-order valence-corrected chi connectivity index (χ2v) is 8.17. The van der Waals surface area contributed by atoms with Crippen molar-refractivity contribution in [1.82, 2.24) is 14.8 Å². The number of nitrogens with zero attached hydrogens (tertiary/aromatic N) is 5. The molecular formula is C23H17N5O5S. The van der Waals surface area contributed by atoms with Crippen LogP contribution in [0.5, 0.6) is 0 Å². The first-order chi connectivity index (χ1) is 16.4. The molecule has 0 saturated carbocycles. The van der Waals surface area contributed by atoms with E-state index >= 15 is 0 Å². The molecule has 0 fully saturated rings. The molecule has 0 radical (unpaired) electrons. The van der Waals surface area contributed by atoms with Gasteiger partial charge in [-0.2, -0.15) is 0 Å². The Morgan fingerprint density at radius 2 is 1.32 bits per heavy atom. The molecule has 0 aliphatic carbocycles. The van der Waals surface area contributed by atoms with E-state index in [9.17, 15) is 25.0 Å². The Hall–Kier alpha value is -4.38. The summed E-state index contributed by atoms with van der Waals surface area (Å²) in [5.74, 6) is 0.414. The van der Waals surface area contributed by atoms with Crippen LogP contribution in [0.1, 0.15) is 11.1 Å². The van der Waals surface area contributed by atoms with E-state index in [4.69, 9.17) is 0 Å². The van der Waals surface area contributed by atoms with E-state index in [1.165, 1.54) is 40.6 Å². The third-order valence-corrected chi connectivity index (χ3v) is 6.00. The standard InChI is InChI=1S/C23H17N5O5S/c29-22-21(18-4-2-1-3-5-18)24-25-23(34-15-17-8-12-20(13-9-17)28(32)33)26(22)14-16-6-10-19(11-7-16)27(30)31/h1-13H,14-15H2. The molecule has 0 N–H and O–H groups in total. The lowest BCUT2D eigenvalue weighted by Crippen LogP contribution is -2.26. The van der Waals surface area contributed by atoms with Crippen LogP contribution in [-0.4, -0.2) is 24.6 Å². The molecule has 0 spiro atoms. The van der Waals surface area contributed by atoms with Gasteiger partial charge in [0.15, 0.2) is 10.9 Å². The molecule has 34 heavy (non-hydrogen) atoms. The smallest absolute Gasteiger partial charge is 0.280 e. The van der Waals surface area contributed by atoms with Crippen molar-refractivity contribution in [3.63, 3.8) is 0 Å². The summed E-state index contributed by atoms with van der Waals surface area (Å²) >= 11 is 1.27. The molecule has 170 valence electrons. The van der Waals surface area contributed by atoms with Gasteiger partial charge in [0.25, 0.3) is 16.9 Å². The van der Waals surface area contributed by atoms with Crippen molar-refractivity contribution < 1.29 is 9.85 Å². The maximum absolute atomic E-state index is 13.4. The number of aromatic nitrogens is 3. The Kier molecular flexibility index (Phi) is 6.74. The highest BCUT2D eigenvalue weighted by Gasteiger charge is 2.16. The quantitative estimate of drug-likeness (QED) is 0.207. The van der Waals surface area contributed by atoms with Crippen LogP contribution in [0.25, 0.3) is 11.3 Å². The highest BCUT2D eigenvalue weighted by atomic mass is 32.2. The summed E-state index contributed by atoms with van der Waals surface area (Å²) in [5, 5.41) is 30.6. The van der Waals surface area contributed by atoms with Gasteiger partial charge in [0.2, 0.25) is 0 Å². The van der Waals surface area contributed by atoms with E-state index < -0.39 is 9.85 Å². The molecule has 0 atom stereocenters. The van der Waals surface area contributed by atoms with Crippen molar-refractivity contribution in [2.45, 2.75) is 17.5 Å².